The van der Waals surface area contributed by atoms with Gasteiger partial charge in [0.15, 0.2) is 0 Å². The Morgan fingerprint density at radius 1 is 1.06 bits per heavy atom. The summed E-state index contributed by atoms with van der Waals surface area (Å²) in [4.78, 5) is 41.9. The summed E-state index contributed by atoms with van der Waals surface area (Å²) in [5, 5.41) is 0. The zero-order chi connectivity index (χ0) is 23.8. The number of carbonyl (C=O) groups excluding carboxylic acids is 3. The SMILES string of the molecule is COc1ccc(CN2C(=O)[C@@H](Cc3ccccc3)[C@@H]3COC(=O)[C@@]32C(=O)OC(C)(C)C)cc1. The molecule has 174 valence electrons. The van der Waals surface area contributed by atoms with Gasteiger partial charge in [0.25, 0.3) is 0 Å². The van der Waals surface area contributed by atoms with E-state index in [0.717, 1.165) is 11.1 Å². The molecular formula is C26H29NO6. The van der Waals surface area contributed by atoms with Crippen LogP contribution in [0.1, 0.15) is 31.9 Å². The molecular weight excluding hydrogens is 422 g/mol. The summed E-state index contributed by atoms with van der Waals surface area (Å²) < 4.78 is 16.3. The second-order valence-corrected chi connectivity index (χ2v) is 9.54. The molecule has 7 heteroatoms. The van der Waals surface area contributed by atoms with E-state index in [1.54, 1.807) is 40.0 Å². The first-order valence-electron chi connectivity index (χ1n) is 11.1. The Morgan fingerprint density at radius 2 is 1.73 bits per heavy atom. The van der Waals surface area contributed by atoms with Gasteiger partial charge in [0.1, 0.15) is 11.4 Å². The number of cyclic esters (lactones) is 1. The number of carbonyl (C=O) groups is 3. The van der Waals surface area contributed by atoms with Crippen LogP contribution in [0.3, 0.4) is 0 Å². The zero-order valence-corrected chi connectivity index (χ0v) is 19.4. The Morgan fingerprint density at radius 3 is 2.33 bits per heavy atom. The van der Waals surface area contributed by atoms with Crippen molar-refractivity contribution in [2.24, 2.45) is 11.8 Å². The van der Waals surface area contributed by atoms with E-state index in [0.29, 0.717) is 12.2 Å². The second kappa shape index (κ2) is 8.54. The van der Waals surface area contributed by atoms with Crippen LogP contribution in [0.5, 0.6) is 5.75 Å². The van der Waals surface area contributed by atoms with Gasteiger partial charge in [0.05, 0.1) is 25.6 Å². The van der Waals surface area contributed by atoms with Crippen LogP contribution in [0.15, 0.2) is 54.6 Å². The summed E-state index contributed by atoms with van der Waals surface area (Å²) in [6.45, 7) is 5.30. The maximum atomic E-state index is 13.8. The molecule has 2 heterocycles. The third-order valence-electron chi connectivity index (χ3n) is 6.24. The van der Waals surface area contributed by atoms with Crippen molar-refractivity contribution in [2.75, 3.05) is 13.7 Å². The molecule has 2 aliphatic rings. The first-order valence-corrected chi connectivity index (χ1v) is 11.1. The third kappa shape index (κ3) is 4.08. The maximum absolute atomic E-state index is 13.8. The molecule has 1 amide bonds. The van der Waals surface area contributed by atoms with Crippen LogP contribution in [-0.2, 0) is 36.8 Å². The molecule has 2 aromatic rings. The fraction of sp³-hybridized carbons (Fsp3) is 0.423. The van der Waals surface area contributed by atoms with Gasteiger partial charge in [-0.15, -0.1) is 0 Å². The van der Waals surface area contributed by atoms with Gasteiger partial charge in [-0.3, -0.25) is 4.79 Å². The van der Waals surface area contributed by atoms with E-state index in [1.807, 2.05) is 42.5 Å². The van der Waals surface area contributed by atoms with Gasteiger partial charge in [-0.25, -0.2) is 9.59 Å². The van der Waals surface area contributed by atoms with E-state index < -0.39 is 34.9 Å². The molecule has 2 aromatic carbocycles. The number of fused-ring (bicyclic) bond motifs is 1. The molecule has 4 rings (SSSR count). The summed E-state index contributed by atoms with van der Waals surface area (Å²) in [7, 11) is 1.57. The lowest BCUT2D eigenvalue weighted by Crippen LogP contribution is -2.59. The Bertz CT molecular complexity index is 1040. The Kier molecular flexibility index (Phi) is 5.91. The molecule has 33 heavy (non-hydrogen) atoms. The molecule has 0 aromatic heterocycles. The molecule has 0 aliphatic carbocycles. The van der Waals surface area contributed by atoms with E-state index in [1.165, 1.54) is 4.90 Å². The molecule has 0 spiro atoms. The average molecular weight is 452 g/mol. The predicted molar refractivity (Wildman–Crippen MR) is 120 cm³/mol. The van der Waals surface area contributed by atoms with E-state index >= 15 is 0 Å². The normalized spacial score (nSPS) is 24.4. The molecule has 2 saturated heterocycles. The zero-order valence-electron chi connectivity index (χ0n) is 19.4. The summed E-state index contributed by atoms with van der Waals surface area (Å²) >= 11 is 0. The minimum Gasteiger partial charge on any atom is -0.497 e. The molecule has 0 bridgehead atoms. The lowest BCUT2D eigenvalue weighted by atomic mass is 9.79. The number of hydrogen-bond acceptors (Lipinski definition) is 6. The largest absolute Gasteiger partial charge is 0.497 e. The van der Waals surface area contributed by atoms with E-state index in [9.17, 15) is 14.4 Å². The van der Waals surface area contributed by atoms with Crippen LogP contribution in [0.2, 0.25) is 0 Å². The number of likely N-dealkylation sites (tertiary alicyclic amines) is 1. The van der Waals surface area contributed by atoms with Crippen LogP contribution in [0, 0.1) is 11.8 Å². The number of benzene rings is 2. The molecule has 2 fully saturated rings. The van der Waals surface area contributed by atoms with Gasteiger partial charge in [-0.2, -0.15) is 0 Å². The maximum Gasteiger partial charge on any atom is 0.344 e. The van der Waals surface area contributed by atoms with Gasteiger partial charge >= 0.3 is 11.9 Å². The fourth-order valence-corrected chi connectivity index (χ4v) is 4.73. The highest BCUT2D eigenvalue weighted by atomic mass is 16.6. The minimum absolute atomic E-state index is 0.000426. The number of hydrogen-bond donors (Lipinski definition) is 0. The van der Waals surface area contributed by atoms with Crippen LogP contribution in [-0.4, -0.2) is 47.6 Å². The van der Waals surface area contributed by atoms with Crippen LogP contribution in [0.4, 0.5) is 0 Å². The predicted octanol–water partition coefficient (Wildman–Crippen LogP) is 3.15. The highest BCUT2D eigenvalue weighted by Crippen LogP contribution is 2.48. The number of amides is 1. The molecule has 0 saturated carbocycles. The van der Waals surface area contributed by atoms with Crippen molar-refractivity contribution in [1.82, 2.24) is 4.90 Å². The molecule has 0 unspecified atom stereocenters. The highest BCUT2D eigenvalue weighted by molar-refractivity contribution is 6.12. The van der Waals surface area contributed by atoms with Crippen molar-refractivity contribution >= 4 is 17.8 Å². The Hall–Kier alpha value is -3.35. The van der Waals surface area contributed by atoms with Crippen molar-refractivity contribution in [3.8, 4) is 5.75 Å². The van der Waals surface area contributed by atoms with Crippen molar-refractivity contribution in [3.05, 3.63) is 65.7 Å². The second-order valence-electron chi connectivity index (χ2n) is 9.54. The molecule has 0 radical (unpaired) electrons. The lowest BCUT2D eigenvalue weighted by Gasteiger charge is -2.35. The van der Waals surface area contributed by atoms with E-state index in [2.05, 4.69) is 0 Å². The molecule has 7 nitrogen and oxygen atoms in total. The smallest absolute Gasteiger partial charge is 0.344 e. The van der Waals surface area contributed by atoms with Gasteiger partial charge in [-0.1, -0.05) is 42.5 Å². The summed E-state index contributed by atoms with van der Waals surface area (Å²) in [6.07, 6.45) is 0.407. The topological polar surface area (TPSA) is 82.1 Å². The van der Waals surface area contributed by atoms with Gasteiger partial charge in [0.2, 0.25) is 11.4 Å². The Labute approximate surface area is 193 Å². The number of rotatable bonds is 6. The number of esters is 2. The highest BCUT2D eigenvalue weighted by Gasteiger charge is 2.72. The first-order chi connectivity index (χ1) is 15.7. The van der Waals surface area contributed by atoms with Crippen molar-refractivity contribution < 1.29 is 28.6 Å². The van der Waals surface area contributed by atoms with Crippen LogP contribution >= 0.6 is 0 Å². The summed E-state index contributed by atoms with van der Waals surface area (Å²) in [6, 6.07) is 16.8. The minimum atomic E-state index is -1.80. The summed E-state index contributed by atoms with van der Waals surface area (Å²) in [5.41, 5.74) is -0.902. The first kappa shape index (κ1) is 22.8. The summed E-state index contributed by atoms with van der Waals surface area (Å²) in [5.74, 6) is -2.25. The van der Waals surface area contributed by atoms with Crippen molar-refractivity contribution in [2.45, 2.75) is 44.9 Å². The standard InChI is InChI=1S/C26H29NO6/c1-25(2,3)33-24(30)26-21(16-32-23(26)29)20(14-17-8-6-5-7-9-17)22(28)27(26)15-18-10-12-19(31-4)13-11-18/h5-13,20-21H,14-16H2,1-4H3/t20-,21-,26+/m0/s1. The van der Waals surface area contributed by atoms with Crippen LogP contribution in [0.25, 0.3) is 0 Å². The van der Waals surface area contributed by atoms with Crippen molar-refractivity contribution in [3.63, 3.8) is 0 Å². The van der Waals surface area contributed by atoms with Gasteiger partial charge in [-0.05, 0) is 50.5 Å². The van der Waals surface area contributed by atoms with E-state index in [-0.39, 0.29) is 19.1 Å². The van der Waals surface area contributed by atoms with E-state index in [4.69, 9.17) is 14.2 Å². The molecule has 0 N–H and O–H groups in total. The average Bonchev–Trinajstić information content (AvgIpc) is 3.23. The number of ether oxygens (including phenoxy) is 3. The molecule has 2 aliphatic heterocycles. The monoisotopic (exact) mass is 451 g/mol. The number of nitrogens with zero attached hydrogens (tertiary/aromatic N) is 1. The molecule has 3 atom stereocenters. The quantitative estimate of drug-likeness (QED) is 0.496. The van der Waals surface area contributed by atoms with Gasteiger partial charge in [0, 0.05) is 6.54 Å². The van der Waals surface area contributed by atoms with Crippen LogP contribution < -0.4 is 4.74 Å². The van der Waals surface area contributed by atoms with Crippen molar-refractivity contribution in [1.29, 1.82) is 0 Å². The lowest BCUT2D eigenvalue weighted by molar-refractivity contribution is -0.177. The van der Waals surface area contributed by atoms with Gasteiger partial charge < -0.3 is 19.1 Å². The fourth-order valence-electron chi connectivity index (χ4n) is 4.73. The third-order valence-corrected chi connectivity index (χ3v) is 6.24. The Balaban J connectivity index is 1.76. The number of methoxy groups -OCH3 is 1.